The second-order valence-electron chi connectivity index (χ2n) is 7.68. The molecule has 32 heavy (non-hydrogen) atoms. The number of hydrogen-bond acceptors (Lipinski definition) is 5. The number of rotatable bonds is 6. The lowest BCUT2D eigenvalue weighted by atomic mass is 10.1. The van der Waals surface area contributed by atoms with Gasteiger partial charge in [0.25, 0.3) is 11.8 Å². The molecule has 2 aliphatic heterocycles. The van der Waals surface area contributed by atoms with Crippen LogP contribution >= 0.6 is 11.6 Å². The second kappa shape index (κ2) is 9.01. The fourth-order valence-corrected chi connectivity index (χ4v) is 5.76. The van der Waals surface area contributed by atoms with Gasteiger partial charge in [0, 0.05) is 24.7 Å². The van der Waals surface area contributed by atoms with Crippen LogP contribution in [0.1, 0.15) is 40.0 Å². The van der Waals surface area contributed by atoms with Gasteiger partial charge in [0.05, 0.1) is 16.0 Å². The molecule has 1 unspecified atom stereocenters. The van der Waals surface area contributed by atoms with E-state index in [9.17, 15) is 22.8 Å². The van der Waals surface area contributed by atoms with E-state index < -0.39 is 27.9 Å². The van der Waals surface area contributed by atoms with E-state index in [1.54, 1.807) is 24.3 Å². The van der Waals surface area contributed by atoms with Gasteiger partial charge in [-0.05, 0) is 55.7 Å². The van der Waals surface area contributed by atoms with Crippen LogP contribution in [-0.4, -0.2) is 61.0 Å². The van der Waals surface area contributed by atoms with E-state index in [-0.39, 0.29) is 35.0 Å². The van der Waals surface area contributed by atoms with E-state index in [4.69, 9.17) is 11.6 Å². The van der Waals surface area contributed by atoms with Crippen LogP contribution < -0.4 is 5.32 Å². The normalized spacial score (nSPS) is 19.1. The summed E-state index contributed by atoms with van der Waals surface area (Å²) in [7, 11) is -4.10. The molecule has 0 aliphatic carbocycles. The van der Waals surface area contributed by atoms with E-state index in [0.29, 0.717) is 24.4 Å². The van der Waals surface area contributed by atoms with Gasteiger partial charge in [-0.25, -0.2) is 8.42 Å². The average molecular weight is 476 g/mol. The summed E-state index contributed by atoms with van der Waals surface area (Å²) in [6.07, 6.45) is 1.76. The largest absolute Gasteiger partial charge is 0.355 e. The van der Waals surface area contributed by atoms with Crippen molar-refractivity contribution in [2.75, 3.05) is 19.6 Å². The van der Waals surface area contributed by atoms with Crippen LogP contribution in [0.3, 0.4) is 0 Å². The molecule has 0 radical (unpaired) electrons. The fourth-order valence-electron chi connectivity index (χ4n) is 4.02. The molecule has 4 rings (SSSR count). The summed E-state index contributed by atoms with van der Waals surface area (Å²) in [5, 5.41) is 3.14. The summed E-state index contributed by atoms with van der Waals surface area (Å²) in [5.74, 6) is -1.33. The highest BCUT2D eigenvalue weighted by Crippen LogP contribution is 2.26. The zero-order valence-corrected chi connectivity index (χ0v) is 18.7. The number of benzene rings is 2. The summed E-state index contributed by atoms with van der Waals surface area (Å²) in [5.41, 5.74) is 0.577. The molecule has 1 fully saturated rings. The van der Waals surface area contributed by atoms with Crippen LogP contribution in [-0.2, 0) is 14.8 Å². The lowest BCUT2D eigenvalue weighted by molar-refractivity contribution is -0.124. The Morgan fingerprint density at radius 1 is 0.969 bits per heavy atom. The third-order valence-corrected chi connectivity index (χ3v) is 7.87. The Hall–Kier alpha value is -2.75. The lowest BCUT2D eigenvalue weighted by Gasteiger charge is -2.30. The maximum atomic E-state index is 13.5. The van der Waals surface area contributed by atoms with Gasteiger partial charge >= 0.3 is 0 Å². The third kappa shape index (κ3) is 4.15. The molecule has 10 heteroatoms. The Morgan fingerprint density at radius 3 is 2.22 bits per heavy atom. The van der Waals surface area contributed by atoms with Crippen LogP contribution in [0.25, 0.3) is 0 Å². The summed E-state index contributed by atoms with van der Waals surface area (Å²) < 4.78 is 28.1. The average Bonchev–Trinajstić information content (AvgIpc) is 2.90. The molecule has 1 saturated heterocycles. The smallest absolute Gasteiger partial charge is 0.261 e. The molecule has 1 N–H and O–H groups in total. The van der Waals surface area contributed by atoms with Crippen molar-refractivity contribution in [1.82, 2.24) is 14.5 Å². The SMILES string of the molecule is O=C1NCCCCC1N(CCN1C(=O)c2ccccc2C1=O)S(=O)(=O)c1ccc(Cl)cc1. The molecule has 1 atom stereocenters. The van der Waals surface area contributed by atoms with E-state index in [1.165, 1.54) is 24.3 Å². The number of amides is 3. The van der Waals surface area contributed by atoms with Gasteiger partial charge in [-0.1, -0.05) is 23.7 Å². The number of halogens is 1. The van der Waals surface area contributed by atoms with Crippen LogP contribution in [0.5, 0.6) is 0 Å². The summed E-state index contributed by atoms with van der Waals surface area (Å²) in [6, 6.07) is 11.2. The van der Waals surface area contributed by atoms with E-state index in [0.717, 1.165) is 15.6 Å². The first kappa shape index (κ1) is 22.4. The minimum Gasteiger partial charge on any atom is -0.355 e. The van der Waals surface area contributed by atoms with Crippen molar-refractivity contribution < 1.29 is 22.8 Å². The molecule has 0 aromatic heterocycles. The van der Waals surface area contributed by atoms with Gasteiger partial charge in [0.15, 0.2) is 0 Å². The first-order valence-electron chi connectivity index (χ1n) is 10.3. The third-order valence-electron chi connectivity index (χ3n) is 5.70. The number of carbonyl (C=O) groups excluding carboxylic acids is 3. The Balaban J connectivity index is 1.64. The highest BCUT2D eigenvalue weighted by atomic mass is 35.5. The zero-order chi connectivity index (χ0) is 22.9. The molecule has 8 nitrogen and oxygen atoms in total. The quantitative estimate of drug-likeness (QED) is 0.645. The summed E-state index contributed by atoms with van der Waals surface area (Å²) >= 11 is 5.90. The molecular weight excluding hydrogens is 454 g/mol. The Kier molecular flexibility index (Phi) is 6.32. The van der Waals surface area contributed by atoms with Crippen molar-refractivity contribution in [3.05, 3.63) is 64.7 Å². The predicted molar refractivity (Wildman–Crippen MR) is 118 cm³/mol. The summed E-state index contributed by atoms with van der Waals surface area (Å²) in [4.78, 5) is 39.2. The van der Waals surface area contributed by atoms with Crippen LogP contribution in [0.15, 0.2) is 53.4 Å². The van der Waals surface area contributed by atoms with E-state index in [1.807, 2.05) is 0 Å². The maximum Gasteiger partial charge on any atom is 0.261 e. The van der Waals surface area contributed by atoms with Crippen molar-refractivity contribution in [1.29, 1.82) is 0 Å². The predicted octanol–water partition coefficient (Wildman–Crippen LogP) is 2.30. The molecule has 3 amide bonds. The molecule has 168 valence electrons. The lowest BCUT2D eigenvalue weighted by Crippen LogP contribution is -2.51. The van der Waals surface area contributed by atoms with Crippen molar-refractivity contribution in [3.8, 4) is 0 Å². The van der Waals surface area contributed by atoms with Gasteiger partial charge in [-0.15, -0.1) is 0 Å². The van der Waals surface area contributed by atoms with Gasteiger partial charge < -0.3 is 5.32 Å². The standard InChI is InChI=1S/C22H22ClN3O5S/c23-15-8-10-16(11-9-15)32(30,31)26(19-7-3-4-12-24-20(19)27)14-13-25-21(28)17-5-1-2-6-18(17)22(25)29/h1-2,5-6,8-11,19H,3-4,7,12-14H2,(H,24,27). The highest BCUT2D eigenvalue weighted by Gasteiger charge is 2.39. The van der Waals surface area contributed by atoms with Crippen molar-refractivity contribution in [3.63, 3.8) is 0 Å². The van der Waals surface area contributed by atoms with E-state index in [2.05, 4.69) is 5.32 Å². The number of nitrogens with zero attached hydrogens (tertiary/aromatic N) is 2. The molecule has 0 spiro atoms. The fraction of sp³-hybridized carbons (Fsp3) is 0.318. The maximum absolute atomic E-state index is 13.5. The van der Waals surface area contributed by atoms with Gasteiger partial charge in [-0.3, -0.25) is 19.3 Å². The van der Waals surface area contributed by atoms with Gasteiger partial charge in [0.2, 0.25) is 15.9 Å². The van der Waals surface area contributed by atoms with E-state index >= 15 is 0 Å². The number of nitrogens with one attached hydrogen (secondary N) is 1. The van der Waals surface area contributed by atoms with Crippen molar-refractivity contribution in [2.24, 2.45) is 0 Å². The summed E-state index contributed by atoms with van der Waals surface area (Å²) in [6.45, 7) is 0.111. The monoisotopic (exact) mass is 475 g/mol. The molecule has 0 bridgehead atoms. The van der Waals surface area contributed by atoms with Gasteiger partial charge in [0.1, 0.15) is 6.04 Å². The van der Waals surface area contributed by atoms with Crippen LogP contribution in [0.4, 0.5) is 0 Å². The number of fused-ring (bicyclic) bond motifs is 1. The first-order chi connectivity index (χ1) is 15.3. The van der Waals surface area contributed by atoms with Crippen molar-refractivity contribution in [2.45, 2.75) is 30.2 Å². The number of sulfonamides is 1. The zero-order valence-electron chi connectivity index (χ0n) is 17.2. The molecular formula is C22H22ClN3O5S. The second-order valence-corrected chi connectivity index (χ2v) is 10.0. The molecule has 2 heterocycles. The minimum atomic E-state index is -4.10. The molecule has 2 aliphatic rings. The number of hydrogen-bond donors (Lipinski definition) is 1. The van der Waals surface area contributed by atoms with Crippen LogP contribution in [0.2, 0.25) is 5.02 Å². The Bertz CT molecular complexity index is 1130. The molecule has 2 aromatic carbocycles. The molecule has 2 aromatic rings. The Morgan fingerprint density at radius 2 is 1.59 bits per heavy atom. The minimum absolute atomic E-state index is 0.0127. The molecule has 0 saturated carbocycles. The highest BCUT2D eigenvalue weighted by molar-refractivity contribution is 7.89. The number of carbonyl (C=O) groups is 3. The Labute approximate surface area is 191 Å². The van der Waals surface area contributed by atoms with Gasteiger partial charge in [-0.2, -0.15) is 4.31 Å². The van der Waals surface area contributed by atoms with Crippen molar-refractivity contribution >= 4 is 39.3 Å². The first-order valence-corrected chi connectivity index (χ1v) is 12.1. The topological polar surface area (TPSA) is 104 Å². The van der Waals surface area contributed by atoms with Crippen LogP contribution in [0, 0.1) is 0 Å². The number of imide groups is 1.